The van der Waals surface area contributed by atoms with Gasteiger partial charge in [0.25, 0.3) is 0 Å². The summed E-state index contributed by atoms with van der Waals surface area (Å²) in [6, 6.07) is 6.09. The summed E-state index contributed by atoms with van der Waals surface area (Å²) in [7, 11) is 0. The Morgan fingerprint density at radius 1 is 0.150 bits per heavy atom. The molecule has 0 aromatic carbocycles. The van der Waals surface area contributed by atoms with Crippen LogP contribution in [0.1, 0.15) is 347 Å². The van der Waals surface area contributed by atoms with Crippen LogP contribution in [0.4, 0.5) is 0 Å². The highest BCUT2D eigenvalue weighted by Crippen LogP contribution is 2.67. The molecule has 16 aliphatic carbocycles. The first-order chi connectivity index (χ1) is 49.7. The molecule has 32 unspecified atom stereocenters. The zero-order valence-corrected chi connectivity index (χ0v) is 64.4. The van der Waals surface area contributed by atoms with Gasteiger partial charge in [-0.25, -0.2) is 0 Å². The summed E-state index contributed by atoms with van der Waals surface area (Å²) in [4.78, 5) is 15.0. The van der Waals surface area contributed by atoms with Gasteiger partial charge in [-0.1, -0.05) is 205 Å². The van der Waals surface area contributed by atoms with Crippen molar-refractivity contribution in [2.45, 2.75) is 420 Å². The maximum absolute atomic E-state index is 4.79. The normalized spacial score (nSPS) is 52.7. The van der Waals surface area contributed by atoms with Crippen LogP contribution in [0.25, 0.3) is 0 Å². The van der Waals surface area contributed by atoms with E-state index in [0.29, 0.717) is 24.7 Å². The number of piperidine rings is 4. The van der Waals surface area contributed by atoms with Crippen LogP contribution in [-0.2, 0) is 0 Å². The summed E-state index contributed by atoms with van der Waals surface area (Å²) in [5.74, 6) is 20.1. The molecule has 0 radical (unpaired) electrons. The van der Waals surface area contributed by atoms with Crippen LogP contribution in [0.5, 0.6) is 0 Å². The minimum Gasteiger partial charge on any atom is -0.301 e. The lowest BCUT2D eigenvalue weighted by molar-refractivity contribution is -0.216. The van der Waals surface area contributed by atoms with E-state index in [-0.39, 0.29) is 0 Å². The summed E-state index contributed by atoms with van der Waals surface area (Å²) < 4.78 is 0. The molecule has 8 nitrogen and oxygen atoms in total. The monoisotopic (exact) mass is 1370 g/mol. The predicted octanol–water partition coefficient (Wildman–Crippen LogP) is 19.7. The van der Waals surface area contributed by atoms with Crippen molar-refractivity contribution in [2.24, 2.45) is 130 Å². The Kier molecular flexibility index (Phi) is 21.0. The molecule has 562 valence electrons. The van der Waals surface area contributed by atoms with Crippen LogP contribution >= 0.6 is 0 Å². The smallest absolute Gasteiger partial charge is 0.0633 e. The van der Waals surface area contributed by atoms with Gasteiger partial charge in [-0.05, 0) is 298 Å². The number of nitrogens with zero attached hydrogens (tertiary/aromatic N) is 4. The van der Waals surface area contributed by atoms with E-state index in [9.17, 15) is 0 Å². The summed E-state index contributed by atoms with van der Waals surface area (Å²) in [6.45, 7) is 5.18. The second-order valence-electron chi connectivity index (χ2n) is 41.9. The first-order valence-electron chi connectivity index (χ1n) is 47.7. The molecule has 4 N–H and O–H groups in total. The third kappa shape index (κ3) is 12.6. The van der Waals surface area contributed by atoms with Crippen molar-refractivity contribution in [2.75, 3.05) is 26.2 Å². The van der Waals surface area contributed by atoms with Gasteiger partial charge in [-0.15, -0.1) is 0 Å². The number of hydrogen-bond acceptors (Lipinski definition) is 8. The van der Waals surface area contributed by atoms with Gasteiger partial charge in [0.05, 0.1) is 24.7 Å². The van der Waals surface area contributed by atoms with Gasteiger partial charge >= 0.3 is 0 Å². The first kappa shape index (κ1) is 68.9. The van der Waals surface area contributed by atoms with Gasteiger partial charge in [-0.2, -0.15) is 0 Å². The molecule has 4 heterocycles. The van der Waals surface area contributed by atoms with Crippen LogP contribution < -0.4 is 21.3 Å². The highest BCUT2D eigenvalue weighted by atomic mass is 15.4. The van der Waals surface area contributed by atoms with Crippen LogP contribution in [0.2, 0.25) is 0 Å². The van der Waals surface area contributed by atoms with E-state index >= 15 is 0 Å². The molecule has 4 aliphatic heterocycles. The van der Waals surface area contributed by atoms with E-state index in [4.69, 9.17) is 21.3 Å². The zero-order valence-electron chi connectivity index (χ0n) is 64.4. The lowest BCUT2D eigenvalue weighted by Crippen LogP contribution is -2.76. The lowest BCUT2D eigenvalue weighted by atomic mass is 9.44. The van der Waals surface area contributed by atoms with Crippen LogP contribution in [0.15, 0.2) is 0 Å². The molecule has 20 rings (SSSR count). The third-order valence-electron chi connectivity index (χ3n) is 38.5. The highest BCUT2D eigenvalue weighted by Gasteiger charge is 2.67. The average molecular weight is 1370 g/mol. The summed E-state index contributed by atoms with van der Waals surface area (Å²) >= 11 is 0. The molecule has 100 heavy (non-hydrogen) atoms. The summed E-state index contributed by atoms with van der Waals surface area (Å²) in [5, 5.41) is 19.2. The molecule has 0 aromatic rings. The van der Waals surface area contributed by atoms with Crippen molar-refractivity contribution in [3.05, 3.63) is 0 Å². The lowest BCUT2D eigenvalue weighted by Gasteiger charge is -2.71. The van der Waals surface area contributed by atoms with Gasteiger partial charge in [0.15, 0.2) is 0 Å². The van der Waals surface area contributed by atoms with E-state index in [2.05, 4.69) is 19.6 Å². The second-order valence-corrected chi connectivity index (χ2v) is 41.9. The molecule has 0 amide bonds. The van der Waals surface area contributed by atoms with Crippen molar-refractivity contribution in [1.82, 2.24) is 40.9 Å². The highest BCUT2D eigenvalue weighted by molar-refractivity contribution is 5.19. The maximum Gasteiger partial charge on any atom is 0.0633 e. The van der Waals surface area contributed by atoms with Gasteiger partial charge in [0.1, 0.15) is 0 Å². The molecule has 0 bridgehead atoms. The van der Waals surface area contributed by atoms with Crippen LogP contribution in [0, 0.1) is 130 Å². The van der Waals surface area contributed by atoms with E-state index in [1.165, 1.54) is 270 Å². The van der Waals surface area contributed by atoms with Crippen LogP contribution in [-0.4, -0.2) is 119 Å². The molecule has 4 saturated heterocycles. The third-order valence-corrected chi connectivity index (χ3v) is 38.5. The number of nitrogens with one attached hydrogen (secondary N) is 4. The molecular weight excluding hydrogens is 1220 g/mol. The van der Waals surface area contributed by atoms with Crippen LogP contribution in [0.3, 0.4) is 0 Å². The average Bonchev–Trinajstić information content (AvgIpc) is 0.695. The van der Waals surface area contributed by atoms with E-state index in [1.54, 1.807) is 103 Å². The largest absolute Gasteiger partial charge is 0.301 e. The fourth-order valence-electron chi connectivity index (χ4n) is 35.0. The van der Waals surface area contributed by atoms with E-state index in [0.717, 1.165) is 179 Å². The Balaban J connectivity index is 0.793. The van der Waals surface area contributed by atoms with E-state index in [1.807, 2.05) is 0 Å². The molecule has 20 fully saturated rings. The van der Waals surface area contributed by atoms with Crippen molar-refractivity contribution in [1.29, 1.82) is 0 Å². The Morgan fingerprint density at radius 2 is 0.340 bits per heavy atom. The topological polar surface area (TPSA) is 61.1 Å². The van der Waals surface area contributed by atoms with Crippen molar-refractivity contribution in [3.63, 3.8) is 0 Å². The maximum atomic E-state index is 4.79. The van der Waals surface area contributed by atoms with E-state index < -0.39 is 0 Å². The molecule has 16 saturated carbocycles. The SMILES string of the molecule is C1CCC2C(C1)CCCC2N(C1CC(N(C2CCCC3CCCCC32)C2NCCC3CCCCC32)C2CCC3C4C(CCC1C24)C(N(C1CCCC2CCCCC21)C1NCCC2CCCCC21)CC3N(C1CCCC2CCCCC21)C1NCCC2CCCCC21)C1NCCC2CCCCC21. The summed E-state index contributed by atoms with van der Waals surface area (Å²) in [5.41, 5.74) is 0. The van der Waals surface area contributed by atoms with Crippen molar-refractivity contribution < 1.29 is 0 Å². The Morgan fingerprint density at radius 3 is 0.570 bits per heavy atom. The van der Waals surface area contributed by atoms with Gasteiger partial charge in [-0.3, -0.25) is 19.6 Å². The van der Waals surface area contributed by atoms with Gasteiger partial charge in [0.2, 0.25) is 0 Å². The second kappa shape index (κ2) is 30.5. The predicted molar refractivity (Wildman–Crippen MR) is 411 cm³/mol. The number of hydrogen-bond donors (Lipinski definition) is 4. The quantitative estimate of drug-likeness (QED) is 0.154. The standard InChI is InChI=1S/C92H154N8/c1-9-33-67-59(21-1)29-17-41-79(67)97(89-71-37-13-5-25-63(71)49-53-93-89)83-57-84(98(80-42-18-30-60-22-2-10-34-68(60)80)90-72-38-14-6-26-64(72)50-54-94-90)76-47-48-78-86(100(82-44-20-32-62-24-4-12-36-70(62)82)92-74-40-16-8-28-66(74)52-56-96-92)58-85(77-46-45-75(83)87(76)88(77)78)99(81-43-19-31-61-23-3-11-35-69(61)81)91-73-39-15-7-27-65(73)51-55-95-91/h59-96H,1-58H2. The molecule has 8 heteroatoms. The van der Waals surface area contributed by atoms with Gasteiger partial charge in [0, 0.05) is 48.3 Å². The number of fused-ring (bicyclic) bond motifs is 8. The first-order valence-corrected chi connectivity index (χ1v) is 47.7. The Hall–Kier alpha value is -0.320. The fraction of sp³-hybridized carbons (Fsp3) is 1.00. The Bertz CT molecular complexity index is 2170. The molecule has 0 aromatic heterocycles. The minimum absolute atomic E-state index is 0.606. The fourth-order valence-corrected chi connectivity index (χ4v) is 35.0. The van der Waals surface area contributed by atoms with Crippen molar-refractivity contribution in [3.8, 4) is 0 Å². The molecular formula is C92H154N8. The zero-order chi connectivity index (χ0) is 65.8. The molecule has 20 aliphatic rings. The van der Waals surface area contributed by atoms with Crippen molar-refractivity contribution >= 4 is 0 Å². The Labute approximate surface area is 613 Å². The molecule has 32 atom stereocenters. The summed E-state index contributed by atoms with van der Waals surface area (Å²) in [6.07, 6.45) is 84.8. The molecule has 0 spiro atoms. The van der Waals surface area contributed by atoms with Gasteiger partial charge < -0.3 is 21.3 Å². The minimum atomic E-state index is 0.606. The number of rotatable bonds is 12.